The van der Waals surface area contributed by atoms with Crippen LogP contribution in [0, 0.1) is 11.8 Å². The van der Waals surface area contributed by atoms with Gasteiger partial charge in [-0.1, -0.05) is 30.9 Å². The van der Waals surface area contributed by atoms with E-state index in [1.165, 1.54) is 12.0 Å². The summed E-state index contributed by atoms with van der Waals surface area (Å²) in [6.07, 6.45) is 1.20. The quantitative estimate of drug-likeness (QED) is 0.769. The molecule has 1 aromatic carbocycles. The molecule has 0 heterocycles. The normalized spacial score (nSPS) is 10.7. The highest BCUT2D eigenvalue weighted by atomic mass is 15.1. The van der Waals surface area contributed by atoms with Gasteiger partial charge in [0.2, 0.25) is 0 Å². The Morgan fingerprint density at radius 3 is 2.65 bits per heavy atom. The van der Waals surface area contributed by atoms with Gasteiger partial charge in [0.15, 0.2) is 0 Å². The van der Waals surface area contributed by atoms with Crippen LogP contribution in [0.3, 0.4) is 0 Å². The fourth-order valence-electron chi connectivity index (χ4n) is 2.12. The Hall–Kier alpha value is -1.34. The van der Waals surface area contributed by atoms with Gasteiger partial charge in [-0.2, -0.15) is 0 Å². The number of benzene rings is 1. The van der Waals surface area contributed by atoms with Gasteiger partial charge in [0.05, 0.1) is 6.54 Å². The fourth-order valence-corrected chi connectivity index (χ4v) is 2.12. The van der Waals surface area contributed by atoms with E-state index in [-0.39, 0.29) is 0 Å². The molecular formula is C17H27N3. The molecule has 0 saturated carbocycles. The molecule has 2 N–H and O–H groups in total. The molecule has 0 aliphatic rings. The van der Waals surface area contributed by atoms with Gasteiger partial charge < -0.3 is 10.6 Å². The minimum absolute atomic E-state index is 0.413. The molecule has 3 heteroatoms. The Kier molecular flexibility index (Phi) is 7.98. The third kappa shape index (κ3) is 6.72. The molecule has 0 aliphatic heterocycles. The van der Waals surface area contributed by atoms with Gasteiger partial charge in [0.1, 0.15) is 0 Å². The summed E-state index contributed by atoms with van der Waals surface area (Å²) < 4.78 is 0. The van der Waals surface area contributed by atoms with E-state index in [0.29, 0.717) is 6.54 Å². The van der Waals surface area contributed by atoms with E-state index in [4.69, 9.17) is 5.73 Å². The van der Waals surface area contributed by atoms with E-state index in [1.54, 1.807) is 0 Å². The van der Waals surface area contributed by atoms with E-state index in [0.717, 1.165) is 31.7 Å². The van der Waals surface area contributed by atoms with Crippen molar-refractivity contribution in [1.82, 2.24) is 9.80 Å². The maximum absolute atomic E-state index is 5.41. The average molecular weight is 273 g/mol. The van der Waals surface area contributed by atoms with Crippen LogP contribution in [0.4, 0.5) is 0 Å². The van der Waals surface area contributed by atoms with Crippen LogP contribution in [0.1, 0.15) is 24.5 Å². The fraction of sp³-hybridized carbons (Fsp3) is 0.529. The smallest absolute Gasteiger partial charge is 0.0555 e. The van der Waals surface area contributed by atoms with Gasteiger partial charge in [-0.25, -0.2) is 0 Å². The summed E-state index contributed by atoms with van der Waals surface area (Å²) in [6.45, 7) is 6.96. The van der Waals surface area contributed by atoms with Crippen LogP contribution in [-0.4, -0.2) is 50.1 Å². The van der Waals surface area contributed by atoms with Crippen LogP contribution in [0.15, 0.2) is 24.3 Å². The van der Waals surface area contributed by atoms with E-state index >= 15 is 0 Å². The van der Waals surface area contributed by atoms with Crippen molar-refractivity contribution in [1.29, 1.82) is 0 Å². The molecule has 1 rings (SSSR count). The molecule has 0 atom stereocenters. The molecule has 0 saturated heterocycles. The highest BCUT2D eigenvalue weighted by molar-refractivity contribution is 5.37. The Labute approximate surface area is 123 Å². The Balaban J connectivity index is 2.56. The van der Waals surface area contributed by atoms with E-state index in [9.17, 15) is 0 Å². The molecular weight excluding hydrogens is 246 g/mol. The van der Waals surface area contributed by atoms with Crippen LogP contribution < -0.4 is 5.73 Å². The van der Waals surface area contributed by atoms with Gasteiger partial charge in [-0.05, 0) is 57.8 Å². The van der Waals surface area contributed by atoms with Crippen LogP contribution >= 0.6 is 0 Å². The molecule has 0 spiro atoms. The lowest BCUT2D eigenvalue weighted by molar-refractivity contribution is 0.259. The Morgan fingerprint density at radius 1 is 1.20 bits per heavy atom. The SMILES string of the molecule is CCN(CCCN(C)C)Cc1cccc(C#CCN)c1. The predicted molar refractivity (Wildman–Crippen MR) is 86.5 cm³/mol. The third-order valence-corrected chi connectivity index (χ3v) is 3.19. The first-order valence-corrected chi connectivity index (χ1v) is 7.30. The lowest BCUT2D eigenvalue weighted by atomic mass is 10.1. The molecule has 0 aromatic heterocycles. The van der Waals surface area contributed by atoms with Crippen molar-refractivity contribution in [3.8, 4) is 11.8 Å². The molecule has 0 unspecified atom stereocenters. The maximum atomic E-state index is 5.41. The van der Waals surface area contributed by atoms with Crippen molar-refractivity contribution in [3.05, 3.63) is 35.4 Å². The number of hydrogen-bond donors (Lipinski definition) is 1. The molecule has 0 aliphatic carbocycles. The summed E-state index contributed by atoms with van der Waals surface area (Å²) in [4.78, 5) is 4.70. The largest absolute Gasteiger partial charge is 0.320 e. The molecule has 3 nitrogen and oxygen atoms in total. The summed E-state index contributed by atoms with van der Waals surface area (Å²) >= 11 is 0. The first-order chi connectivity index (χ1) is 9.65. The van der Waals surface area contributed by atoms with Crippen molar-refractivity contribution < 1.29 is 0 Å². The molecule has 1 aromatic rings. The summed E-state index contributed by atoms with van der Waals surface area (Å²) in [6, 6.07) is 8.44. The van der Waals surface area contributed by atoms with Crippen molar-refractivity contribution >= 4 is 0 Å². The zero-order valence-electron chi connectivity index (χ0n) is 13.0. The maximum Gasteiger partial charge on any atom is 0.0555 e. The summed E-state index contributed by atoms with van der Waals surface area (Å²) in [5.74, 6) is 6.00. The predicted octanol–water partition coefficient (Wildman–Crippen LogP) is 1.77. The number of rotatable bonds is 7. The second kappa shape index (κ2) is 9.55. The molecule has 0 amide bonds. The van der Waals surface area contributed by atoms with Crippen molar-refractivity contribution in [2.75, 3.05) is 40.3 Å². The van der Waals surface area contributed by atoms with Gasteiger partial charge in [0, 0.05) is 12.1 Å². The second-order valence-corrected chi connectivity index (χ2v) is 5.23. The van der Waals surface area contributed by atoms with Gasteiger partial charge in [-0.3, -0.25) is 4.90 Å². The lowest BCUT2D eigenvalue weighted by Crippen LogP contribution is -2.26. The third-order valence-electron chi connectivity index (χ3n) is 3.19. The number of nitrogens with zero attached hydrogens (tertiary/aromatic N) is 2. The van der Waals surface area contributed by atoms with E-state index in [2.05, 4.69) is 60.9 Å². The molecule has 110 valence electrons. The van der Waals surface area contributed by atoms with Crippen LogP contribution in [-0.2, 0) is 6.54 Å². The van der Waals surface area contributed by atoms with Gasteiger partial charge in [-0.15, -0.1) is 0 Å². The van der Waals surface area contributed by atoms with E-state index in [1.807, 2.05) is 6.07 Å². The number of hydrogen-bond acceptors (Lipinski definition) is 3. The Bertz CT molecular complexity index is 443. The highest BCUT2D eigenvalue weighted by Gasteiger charge is 2.04. The Morgan fingerprint density at radius 2 is 2.00 bits per heavy atom. The monoisotopic (exact) mass is 273 g/mol. The minimum Gasteiger partial charge on any atom is -0.320 e. The summed E-state index contributed by atoms with van der Waals surface area (Å²) in [5.41, 5.74) is 7.78. The van der Waals surface area contributed by atoms with Gasteiger partial charge in [0.25, 0.3) is 0 Å². The molecule has 20 heavy (non-hydrogen) atoms. The summed E-state index contributed by atoms with van der Waals surface area (Å²) in [5, 5.41) is 0. The van der Waals surface area contributed by atoms with E-state index < -0.39 is 0 Å². The minimum atomic E-state index is 0.413. The van der Waals surface area contributed by atoms with Crippen LogP contribution in [0.25, 0.3) is 0 Å². The molecule has 0 radical (unpaired) electrons. The first kappa shape index (κ1) is 16.7. The zero-order chi connectivity index (χ0) is 14.8. The number of nitrogens with two attached hydrogens (primary N) is 1. The molecule has 0 bridgehead atoms. The zero-order valence-corrected chi connectivity index (χ0v) is 13.0. The standard InChI is InChI=1S/C17H27N3/c1-4-20(13-7-12-19(2)3)15-17-9-5-8-16(14-17)10-6-11-18/h5,8-9,14H,4,7,11-13,15,18H2,1-3H3. The topological polar surface area (TPSA) is 32.5 Å². The van der Waals surface area contributed by atoms with Crippen molar-refractivity contribution in [3.63, 3.8) is 0 Å². The van der Waals surface area contributed by atoms with Crippen LogP contribution in [0.5, 0.6) is 0 Å². The lowest BCUT2D eigenvalue weighted by Gasteiger charge is -2.21. The van der Waals surface area contributed by atoms with Gasteiger partial charge >= 0.3 is 0 Å². The molecule has 0 fully saturated rings. The first-order valence-electron chi connectivity index (χ1n) is 7.30. The van der Waals surface area contributed by atoms with Crippen molar-refractivity contribution in [2.45, 2.75) is 19.9 Å². The second-order valence-electron chi connectivity index (χ2n) is 5.23. The average Bonchev–Trinajstić information content (AvgIpc) is 2.44. The highest BCUT2D eigenvalue weighted by Crippen LogP contribution is 2.08. The summed E-state index contributed by atoms with van der Waals surface area (Å²) in [7, 11) is 4.24. The van der Waals surface area contributed by atoms with Crippen LogP contribution in [0.2, 0.25) is 0 Å². The van der Waals surface area contributed by atoms with Crippen molar-refractivity contribution in [2.24, 2.45) is 5.73 Å².